The Bertz CT molecular complexity index is 360. The van der Waals surface area contributed by atoms with Crippen LogP contribution in [0.15, 0.2) is 12.2 Å². The number of Topliss-reactive ketones (excluding diaryl/α,β-unsaturated/α-hetero) is 1. The number of carboxylic acid groups (broad SMARTS) is 2. The van der Waals surface area contributed by atoms with E-state index in [4.69, 9.17) is 10.2 Å². The molecule has 0 radical (unpaired) electrons. The zero-order valence-corrected chi connectivity index (χ0v) is 12.6. The molecular formula is C16H26O5. The first-order chi connectivity index (χ1) is 9.91. The Morgan fingerprint density at radius 2 is 1.14 bits per heavy atom. The van der Waals surface area contributed by atoms with Crippen LogP contribution in [0, 0.1) is 0 Å². The van der Waals surface area contributed by atoms with E-state index in [0.29, 0.717) is 12.0 Å². The van der Waals surface area contributed by atoms with Crippen LogP contribution in [0.25, 0.3) is 0 Å². The molecule has 5 nitrogen and oxygen atoms in total. The lowest BCUT2D eigenvalue weighted by Crippen LogP contribution is -2.03. The average molecular weight is 298 g/mol. The van der Waals surface area contributed by atoms with Crippen molar-refractivity contribution >= 4 is 17.7 Å². The maximum atomic E-state index is 11.6. The topological polar surface area (TPSA) is 91.7 Å². The second kappa shape index (κ2) is 12.1. The second-order valence-electron chi connectivity index (χ2n) is 5.40. The summed E-state index contributed by atoms with van der Waals surface area (Å²) in [7, 11) is 0. The molecule has 0 unspecified atom stereocenters. The van der Waals surface area contributed by atoms with E-state index in [1.54, 1.807) is 0 Å². The maximum absolute atomic E-state index is 11.6. The molecule has 0 heterocycles. The lowest BCUT2D eigenvalue weighted by molar-refractivity contribution is -0.137. The Morgan fingerprint density at radius 1 is 0.667 bits per heavy atom. The number of rotatable bonds is 14. The molecule has 0 saturated heterocycles. The summed E-state index contributed by atoms with van der Waals surface area (Å²) in [5.41, 5.74) is 0.464. The van der Waals surface area contributed by atoms with Gasteiger partial charge >= 0.3 is 11.9 Å². The van der Waals surface area contributed by atoms with Crippen molar-refractivity contribution in [2.75, 3.05) is 0 Å². The molecule has 0 aromatic carbocycles. The number of unbranched alkanes of at least 4 members (excludes halogenated alkanes) is 6. The highest BCUT2D eigenvalue weighted by molar-refractivity contribution is 5.82. The van der Waals surface area contributed by atoms with Crippen molar-refractivity contribution in [3.8, 4) is 0 Å². The highest BCUT2D eigenvalue weighted by Gasteiger charge is 2.07. The Kier molecular flexibility index (Phi) is 11.2. The van der Waals surface area contributed by atoms with Gasteiger partial charge in [0.05, 0.1) is 6.42 Å². The number of hydrogen-bond donors (Lipinski definition) is 2. The molecule has 0 rings (SSSR count). The number of ketones is 1. The Labute approximate surface area is 126 Å². The van der Waals surface area contributed by atoms with Crippen LogP contribution in [0.2, 0.25) is 0 Å². The van der Waals surface area contributed by atoms with Gasteiger partial charge in [-0.2, -0.15) is 0 Å². The van der Waals surface area contributed by atoms with E-state index in [2.05, 4.69) is 6.58 Å². The summed E-state index contributed by atoms with van der Waals surface area (Å²) in [6.07, 6.45) is 7.41. The van der Waals surface area contributed by atoms with Crippen molar-refractivity contribution in [2.45, 2.75) is 70.6 Å². The van der Waals surface area contributed by atoms with Gasteiger partial charge in [0.15, 0.2) is 0 Å². The summed E-state index contributed by atoms with van der Waals surface area (Å²) in [6.45, 7) is 3.59. The van der Waals surface area contributed by atoms with Crippen molar-refractivity contribution in [3.05, 3.63) is 12.2 Å². The molecule has 0 aliphatic rings. The van der Waals surface area contributed by atoms with Gasteiger partial charge in [-0.1, -0.05) is 44.3 Å². The van der Waals surface area contributed by atoms with Crippen LogP contribution in [0.5, 0.6) is 0 Å². The van der Waals surface area contributed by atoms with Crippen molar-refractivity contribution in [1.29, 1.82) is 0 Å². The van der Waals surface area contributed by atoms with Gasteiger partial charge < -0.3 is 10.2 Å². The molecule has 5 heteroatoms. The molecule has 0 saturated carbocycles. The summed E-state index contributed by atoms with van der Waals surface area (Å²) in [6, 6.07) is 0. The van der Waals surface area contributed by atoms with Crippen LogP contribution >= 0.6 is 0 Å². The monoisotopic (exact) mass is 298 g/mol. The van der Waals surface area contributed by atoms with Crippen LogP contribution in [0.4, 0.5) is 0 Å². The van der Waals surface area contributed by atoms with Gasteiger partial charge in [-0.05, 0) is 12.8 Å². The lowest BCUT2D eigenvalue weighted by Gasteiger charge is -2.03. The van der Waals surface area contributed by atoms with E-state index in [1.165, 1.54) is 0 Å². The first-order valence-corrected chi connectivity index (χ1v) is 7.53. The predicted octanol–water partition coefficient (Wildman–Crippen LogP) is 3.57. The molecule has 0 aromatic rings. The molecule has 0 aliphatic heterocycles. The van der Waals surface area contributed by atoms with Gasteiger partial charge in [-0.25, -0.2) is 0 Å². The van der Waals surface area contributed by atoms with E-state index >= 15 is 0 Å². The molecular weight excluding hydrogens is 272 g/mol. The van der Waals surface area contributed by atoms with Gasteiger partial charge in [-0.15, -0.1) is 0 Å². The summed E-state index contributed by atoms with van der Waals surface area (Å²) in [4.78, 5) is 32.3. The van der Waals surface area contributed by atoms with Crippen LogP contribution in [0.3, 0.4) is 0 Å². The molecule has 21 heavy (non-hydrogen) atoms. The summed E-state index contributed by atoms with van der Waals surface area (Å²) < 4.78 is 0. The maximum Gasteiger partial charge on any atom is 0.307 e. The van der Waals surface area contributed by atoms with Crippen molar-refractivity contribution in [1.82, 2.24) is 0 Å². The quantitative estimate of drug-likeness (QED) is 0.378. The standard InChI is InChI=1S/C16H26O5/c1-13(12-16(20)21)11-14(17)9-7-5-3-2-4-6-8-10-15(18)19/h1-12H2,(H,18,19)(H,20,21). The molecule has 0 bridgehead atoms. The summed E-state index contributed by atoms with van der Waals surface area (Å²) in [5, 5.41) is 17.0. The summed E-state index contributed by atoms with van der Waals surface area (Å²) in [5.74, 6) is -1.63. The summed E-state index contributed by atoms with van der Waals surface area (Å²) >= 11 is 0. The van der Waals surface area contributed by atoms with E-state index in [-0.39, 0.29) is 25.0 Å². The van der Waals surface area contributed by atoms with Gasteiger partial charge in [0.25, 0.3) is 0 Å². The fourth-order valence-electron chi connectivity index (χ4n) is 2.13. The Balaban J connectivity index is 3.38. The lowest BCUT2D eigenvalue weighted by atomic mass is 10.0. The van der Waals surface area contributed by atoms with E-state index < -0.39 is 11.9 Å². The van der Waals surface area contributed by atoms with Crippen molar-refractivity contribution in [3.63, 3.8) is 0 Å². The van der Waals surface area contributed by atoms with Gasteiger partial charge in [0.2, 0.25) is 0 Å². The number of carbonyl (C=O) groups is 3. The number of carbonyl (C=O) groups excluding carboxylic acids is 1. The third kappa shape index (κ3) is 14.6. The van der Waals surface area contributed by atoms with E-state index in [1.807, 2.05) is 0 Å². The first kappa shape index (κ1) is 19.4. The minimum atomic E-state index is -0.948. The van der Waals surface area contributed by atoms with E-state index in [9.17, 15) is 14.4 Å². The largest absolute Gasteiger partial charge is 0.481 e. The van der Waals surface area contributed by atoms with Gasteiger partial charge in [0, 0.05) is 19.3 Å². The smallest absolute Gasteiger partial charge is 0.307 e. The molecule has 0 atom stereocenters. The molecule has 120 valence electrons. The number of hydrogen-bond acceptors (Lipinski definition) is 3. The second-order valence-corrected chi connectivity index (χ2v) is 5.40. The van der Waals surface area contributed by atoms with Crippen LogP contribution < -0.4 is 0 Å². The third-order valence-corrected chi connectivity index (χ3v) is 3.19. The molecule has 0 aromatic heterocycles. The molecule has 2 N–H and O–H groups in total. The fraction of sp³-hybridized carbons (Fsp3) is 0.688. The Hall–Kier alpha value is -1.65. The predicted molar refractivity (Wildman–Crippen MR) is 80.2 cm³/mol. The molecule has 0 fully saturated rings. The first-order valence-electron chi connectivity index (χ1n) is 7.53. The third-order valence-electron chi connectivity index (χ3n) is 3.19. The van der Waals surface area contributed by atoms with Crippen LogP contribution in [-0.4, -0.2) is 27.9 Å². The molecule has 0 aliphatic carbocycles. The van der Waals surface area contributed by atoms with Crippen molar-refractivity contribution < 1.29 is 24.6 Å². The minimum absolute atomic E-state index is 0.0581. The van der Waals surface area contributed by atoms with E-state index in [0.717, 1.165) is 44.9 Å². The zero-order valence-electron chi connectivity index (χ0n) is 12.6. The SMILES string of the molecule is C=C(CC(=O)O)CC(=O)CCCCCCCCCC(=O)O. The number of carboxylic acids is 2. The molecule has 0 amide bonds. The van der Waals surface area contributed by atoms with Crippen molar-refractivity contribution in [2.24, 2.45) is 0 Å². The number of aliphatic carboxylic acids is 2. The van der Waals surface area contributed by atoms with Gasteiger partial charge in [-0.3, -0.25) is 14.4 Å². The van der Waals surface area contributed by atoms with Crippen LogP contribution in [0.1, 0.15) is 70.6 Å². The highest BCUT2D eigenvalue weighted by Crippen LogP contribution is 2.12. The fourth-order valence-corrected chi connectivity index (χ4v) is 2.13. The zero-order chi connectivity index (χ0) is 16.1. The molecule has 0 spiro atoms. The normalized spacial score (nSPS) is 10.3. The highest BCUT2D eigenvalue weighted by atomic mass is 16.4. The van der Waals surface area contributed by atoms with Crippen LogP contribution in [-0.2, 0) is 14.4 Å². The average Bonchev–Trinajstić information content (AvgIpc) is 2.35. The Morgan fingerprint density at radius 3 is 1.62 bits per heavy atom. The minimum Gasteiger partial charge on any atom is -0.481 e. The van der Waals surface area contributed by atoms with Gasteiger partial charge in [0.1, 0.15) is 5.78 Å².